The number of amidine groups is 1. The lowest BCUT2D eigenvalue weighted by Gasteiger charge is -2.20. The Kier molecular flexibility index (Phi) is 7.84. The van der Waals surface area contributed by atoms with Crippen molar-refractivity contribution < 1.29 is 14.3 Å². The molecule has 1 fully saturated rings. The van der Waals surface area contributed by atoms with E-state index in [-0.39, 0.29) is 18.0 Å². The number of carbonyl (C=O) groups excluding carboxylic acids is 1. The van der Waals surface area contributed by atoms with Gasteiger partial charge in [-0.2, -0.15) is 0 Å². The Morgan fingerprint density at radius 1 is 1.10 bits per heavy atom. The second-order valence-electron chi connectivity index (χ2n) is 7.71. The molecule has 0 aromatic heterocycles. The van der Waals surface area contributed by atoms with Crippen LogP contribution in [0.3, 0.4) is 0 Å². The van der Waals surface area contributed by atoms with Crippen LogP contribution < -0.4 is 9.47 Å². The molecule has 0 unspecified atom stereocenters. The molecule has 2 aromatic rings. The molecule has 31 heavy (non-hydrogen) atoms. The summed E-state index contributed by atoms with van der Waals surface area (Å²) in [5.41, 5.74) is 1.94. The molecule has 5 nitrogen and oxygen atoms in total. The number of amides is 1. The lowest BCUT2D eigenvalue weighted by molar-refractivity contribution is -0.123. The molecule has 3 rings (SSSR count). The number of rotatable bonds is 7. The largest absolute Gasteiger partial charge is 0.493 e. The number of hydrogen-bond donors (Lipinski definition) is 0. The number of nitrogens with zero attached hydrogens (tertiary/aromatic N) is 2. The number of benzene rings is 2. The van der Waals surface area contributed by atoms with E-state index in [4.69, 9.17) is 9.47 Å². The third-order valence-corrected chi connectivity index (χ3v) is 6.04. The number of carbonyl (C=O) groups is 1. The molecule has 1 aliphatic heterocycles. The van der Waals surface area contributed by atoms with Crippen molar-refractivity contribution in [3.05, 3.63) is 63.0 Å². The monoisotopic (exact) mass is 502 g/mol. The molecule has 2 aromatic carbocycles. The molecule has 0 radical (unpaired) electrons. The molecule has 7 heteroatoms. The first kappa shape index (κ1) is 23.4. The molecule has 1 saturated heterocycles. The van der Waals surface area contributed by atoms with E-state index < -0.39 is 0 Å². The minimum Gasteiger partial charge on any atom is -0.493 e. The average Bonchev–Trinajstić information content (AvgIpc) is 3.02. The molecule has 0 aliphatic carbocycles. The number of ether oxygens (including phenoxy) is 2. The number of thioether (sulfide) groups is 1. The summed E-state index contributed by atoms with van der Waals surface area (Å²) >= 11 is 4.85. The minimum absolute atomic E-state index is 0.0195. The molecule has 0 spiro atoms. The zero-order valence-corrected chi connectivity index (χ0v) is 20.8. The quantitative estimate of drug-likeness (QED) is 0.427. The van der Waals surface area contributed by atoms with Gasteiger partial charge >= 0.3 is 0 Å². The van der Waals surface area contributed by atoms with E-state index in [1.807, 2.05) is 76.2 Å². The van der Waals surface area contributed by atoms with Gasteiger partial charge in [0.2, 0.25) is 0 Å². The van der Waals surface area contributed by atoms with E-state index in [0.29, 0.717) is 23.0 Å². The van der Waals surface area contributed by atoms with Gasteiger partial charge in [0.25, 0.3) is 5.91 Å². The summed E-state index contributed by atoms with van der Waals surface area (Å²) in [7, 11) is 1.61. The second-order valence-corrected chi connectivity index (χ2v) is 9.64. The van der Waals surface area contributed by atoms with Gasteiger partial charge in [-0.15, -0.1) is 0 Å². The van der Waals surface area contributed by atoms with Gasteiger partial charge in [-0.05, 0) is 80.9 Å². The van der Waals surface area contributed by atoms with E-state index in [9.17, 15) is 4.79 Å². The SMILES string of the molecule is COc1cc(/C=C2/SC(=NC(C)C)N(C(C)C)C2=O)ccc1OCc1ccc(Br)cc1. The molecule has 0 saturated carbocycles. The molecular weight excluding hydrogens is 476 g/mol. The highest BCUT2D eigenvalue weighted by atomic mass is 79.9. The van der Waals surface area contributed by atoms with Gasteiger partial charge in [0.05, 0.1) is 12.0 Å². The van der Waals surface area contributed by atoms with Crippen molar-refractivity contribution in [2.75, 3.05) is 7.11 Å². The first-order chi connectivity index (χ1) is 14.8. The zero-order chi connectivity index (χ0) is 22.5. The third-order valence-electron chi connectivity index (χ3n) is 4.51. The molecule has 0 N–H and O–H groups in total. The second kappa shape index (κ2) is 10.4. The van der Waals surface area contributed by atoms with Gasteiger partial charge in [-0.25, -0.2) is 0 Å². The van der Waals surface area contributed by atoms with Gasteiger partial charge in [0.1, 0.15) is 6.61 Å². The van der Waals surface area contributed by atoms with Crippen LogP contribution in [-0.4, -0.2) is 35.2 Å². The number of hydrogen-bond acceptors (Lipinski definition) is 5. The van der Waals surface area contributed by atoms with Gasteiger partial charge in [-0.3, -0.25) is 14.7 Å². The van der Waals surface area contributed by atoms with Crippen LogP contribution in [0.5, 0.6) is 11.5 Å². The summed E-state index contributed by atoms with van der Waals surface area (Å²) < 4.78 is 12.5. The number of halogens is 1. The lowest BCUT2D eigenvalue weighted by atomic mass is 10.1. The predicted molar refractivity (Wildman–Crippen MR) is 132 cm³/mol. The fourth-order valence-corrected chi connectivity index (χ4v) is 4.54. The van der Waals surface area contributed by atoms with E-state index in [1.54, 1.807) is 12.0 Å². The summed E-state index contributed by atoms with van der Waals surface area (Å²) in [5, 5.41) is 0.752. The van der Waals surface area contributed by atoms with Crippen LogP contribution in [0.1, 0.15) is 38.8 Å². The fraction of sp³-hybridized carbons (Fsp3) is 0.333. The van der Waals surface area contributed by atoms with Crippen LogP contribution in [0.4, 0.5) is 0 Å². The van der Waals surface area contributed by atoms with Gasteiger partial charge in [-0.1, -0.05) is 34.1 Å². The van der Waals surface area contributed by atoms with Gasteiger partial charge in [0, 0.05) is 16.6 Å². The van der Waals surface area contributed by atoms with Crippen molar-refractivity contribution in [3.8, 4) is 11.5 Å². The Balaban J connectivity index is 1.81. The molecule has 1 aliphatic rings. The molecule has 1 heterocycles. The van der Waals surface area contributed by atoms with Crippen molar-refractivity contribution >= 4 is 44.8 Å². The standard InChI is InChI=1S/C24H27BrN2O3S/c1-15(2)26-24-27(16(3)4)23(28)22(31-24)13-18-8-11-20(21(12-18)29-5)30-14-17-6-9-19(25)10-7-17/h6-13,15-16H,14H2,1-5H3/b22-13+,26-24?. The molecular formula is C24H27BrN2O3S. The zero-order valence-electron chi connectivity index (χ0n) is 18.4. The van der Waals surface area contributed by atoms with E-state index in [1.165, 1.54) is 11.8 Å². The van der Waals surface area contributed by atoms with Gasteiger partial charge in [0.15, 0.2) is 16.7 Å². The van der Waals surface area contributed by atoms with Crippen LogP contribution in [0, 0.1) is 0 Å². The van der Waals surface area contributed by atoms with Crippen LogP contribution >= 0.6 is 27.7 Å². The van der Waals surface area contributed by atoms with Crippen molar-refractivity contribution in [2.45, 2.75) is 46.4 Å². The maximum Gasteiger partial charge on any atom is 0.266 e. The summed E-state index contributed by atoms with van der Waals surface area (Å²) in [6.45, 7) is 8.46. The predicted octanol–water partition coefficient (Wildman–Crippen LogP) is 6.13. The third kappa shape index (κ3) is 5.92. The Hall–Kier alpha value is -2.25. The lowest BCUT2D eigenvalue weighted by Crippen LogP contribution is -2.35. The summed E-state index contributed by atoms with van der Waals surface area (Å²) in [6.07, 6.45) is 1.88. The Morgan fingerprint density at radius 2 is 1.81 bits per heavy atom. The Labute approximate surface area is 196 Å². The Morgan fingerprint density at radius 3 is 2.42 bits per heavy atom. The van der Waals surface area contributed by atoms with Crippen LogP contribution in [0.25, 0.3) is 6.08 Å². The van der Waals surface area contributed by atoms with E-state index in [0.717, 1.165) is 20.8 Å². The maximum atomic E-state index is 12.9. The van der Waals surface area contributed by atoms with Crippen LogP contribution in [-0.2, 0) is 11.4 Å². The Bertz CT molecular complexity index is 1000. The van der Waals surface area contributed by atoms with Crippen LogP contribution in [0.15, 0.2) is 56.8 Å². The fourth-order valence-electron chi connectivity index (χ4n) is 3.04. The first-order valence-electron chi connectivity index (χ1n) is 10.1. The van der Waals surface area contributed by atoms with Gasteiger partial charge < -0.3 is 9.47 Å². The smallest absolute Gasteiger partial charge is 0.266 e. The summed E-state index contributed by atoms with van der Waals surface area (Å²) in [6, 6.07) is 13.8. The van der Waals surface area contributed by atoms with Crippen molar-refractivity contribution in [1.29, 1.82) is 0 Å². The summed E-state index contributed by atoms with van der Waals surface area (Å²) in [5.74, 6) is 1.26. The molecule has 0 bridgehead atoms. The molecule has 1 amide bonds. The average molecular weight is 503 g/mol. The number of aliphatic imine (C=N–C) groups is 1. The van der Waals surface area contributed by atoms with Crippen molar-refractivity contribution in [1.82, 2.24) is 4.90 Å². The highest BCUT2D eigenvalue weighted by molar-refractivity contribution is 9.10. The van der Waals surface area contributed by atoms with E-state index >= 15 is 0 Å². The van der Waals surface area contributed by atoms with Crippen LogP contribution in [0.2, 0.25) is 0 Å². The topological polar surface area (TPSA) is 51.1 Å². The minimum atomic E-state index is -0.0195. The van der Waals surface area contributed by atoms with Crippen molar-refractivity contribution in [2.24, 2.45) is 4.99 Å². The molecule has 0 atom stereocenters. The van der Waals surface area contributed by atoms with E-state index in [2.05, 4.69) is 20.9 Å². The first-order valence-corrected chi connectivity index (χ1v) is 11.8. The number of methoxy groups -OCH3 is 1. The maximum absolute atomic E-state index is 12.9. The molecule has 164 valence electrons. The highest BCUT2D eigenvalue weighted by Gasteiger charge is 2.35. The normalized spacial score (nSPS) is 16.8. The summed E-state index contributed by atoms with van der Waals surface area (Å²) in [4.78, 5) is 20.0. The van der Waals surface area contributed by atoms with Crippen molar-refractivity contribution in [3.63, 3.8) is 0 Å². The highest BCUT2D eigenvalue weighted by Crippen LogP contribution is 2.36.